The van der Waals surface area contributed by atoms with Crippen LogP contribution in [-0.4, -0.2) is 46.4 Å². The molecule has 2 rings (SSSR count). The summed E-state index contributed by atoms with van der Waals surface area (Å²) in [5.74, 6) is 0.787. The number of alkyl halides is 1. The van der Waals surface area contributed by atoms with E-state index in [0.29, 0.717) is 17.5 Å². The van der Waals surface area contributed by atoms with Gasteiger partial charge in [-0.15, -0.1) is 0 Å². The molecule has 0 radical (unpaired) electrons. The summed E-state index contributed by atoms with van der Waals surface area (Å²) in [5, 5.41) is 19.8. The minimum atomic E-state index is -0.989. The van der Waals surface area contributed by atoms with Crippen LogP contribution in [-0.2, 0) is 16.1 Å². The van der Waals surface area contributed by atoms with Gasteiger partial charge in [-0.25, -0.2) is 0 Å². The van der Waals surface area contributed by atoms with Crippen molar-refractivity contribution in [2.24, 2.45) is 0 Å². The average Bonchev–Trinajstić information content (AvgIpc) is 2.48. The molecule has 4 atom stereocenters. The number of aliphatic hydroxyl groups excluding tert-OH is 2. The maximum Gasteiger partial charge on any atom is 0.181 e. The number of aliphatic hydroxyl groups is 2. The largest absolute Gasteiger partial charge is 0.497 e. The van der Waals surface area contributed by atoms with Gasteiger partial charge in [0.15, 0.2) is 6.29 Å². The molecule has 0 aliphatic carbocycles. The van der Waals surface area contributed by atoms with Gasteiger partial charge in [0.2, 0.25) is 0 Å². The number of hydrogen-bond acceptors (Lipinski definition) is 5. The van der Waals surface area contributed by atoms with Crippen LogP contribution in [0.25, 0.3) is 0 Å². The van der Waals surface area contributed by atoms with Crippen LogP contribution in [0.4, 0.5) is 0 Å². The monoisotopic (exact) mass is 394 g/mol. The van der Waals surface area contributed by atoms with Crippen LogP contribution < -0.4 is 4.74 Å². The quantitative estimate of drug-likeness (QED) is 0.585. The molecule has 1 aromatic carbocycles. The summed E-state index contributed by atoms with van der Waals surface area (Å²) in [6, 6.07) is 7.51. The lowest BCUT2D eigenvalue weighted by Crippen LogP contribution is -2.48. The Labute approximate surface area is 132 Å². The van der Waals surface area contributed by atoms with Gasteiger partial charge in [-0.05, 0) is 17.7 Å². The summed E-state index contributed by atoms with van der Waals surface area (Å²) < 4.78 is 16.7. The third-order valence-corrected chi connectivity index (χ3v) is 4.18. The molecule has 2 N–H and O–H groups in total. The Kier molecular flexibility index (Phi) is 6.03. The van der Waals surface area contributed by atoms with Gasteiger partial charge in [0.25, 0.3) is 0 Å². The molecule has 1 aliphatic heterocycles. The van der Waals surface area contributed by atoms with Crippen LogP contribution >= 0.6 is 22.6 Å². The minimum absolute atomic E-state index is 0.327. The molecule has 0 spiro atoms. The van der Waals surface area contributed by atoms with Crippen molar-refractivity contribution in [3.05, 3.63) is 29.8 Å². The van der Waals surface area contributed by atoms with Crippen LogP contribution in [0.1, 0.15) is 12.0 Å². The molecule has 0 saturated carbocycles. The molecular formula is C14H19IO5. The maximum atomic E-state index is 9.89. The van der Waals surface area contributed by atoms with Crippen LogP contribution in [0.3, 0.4) is 0 Å². The van der Waals surface area contributed by atoms with E-state index in [1.54, 1.807) is 7.11 Å². The number of benzene rings is 1. The molecule has 5 nitrogen and oxygen atoms in total. The molecule has 1 aromatic rings. The summed E-state index contributed by atoms with van der Waals surface area (Å²) in [5.41, 5.74) is 0.975. The van der Waals surface area contributed by atoms with Gasteiger partial charge < -0.3 is 24.4 Å². The van der Waals surface area contributed by atoms with Gasteiger partial charge in [-0.2, -0.15) is 0 Å². The highest BCUT2D eigenvalue weighted by atomic mass is 127. The number of rotatable bonds is 5. The Morgan fingerprint density at radius 3 is 2.60 bits per heavy atom. The molecule has 0 aromatic heterocycles. The van der Waals surface area contributed by atoms with Crippen LogP contribution in [0.5, 0.6) is 5.75 Å². The second kappa shape index (κ2) is 7.56. The second-order valence-corrected chi connectivity index (χ2v) is 5.60. The van der Waals surface area contributed by atoms with Gasteiger partial charge >= 0.3 is 0 Å². The predicted octanol–water partition coefficient (Wildman–Crippen LogP) is 1.48. The van der Waals surface area contributed by atoms with Crippen molar-refractivity contribution < 1.29 is 24.4 Å². The number of ether oxygens (including phenoxy) is 3. The van der Waals surface area contributed by atoms with E-state index < -0.39 is 18.5 Å². The first-order valence-electron chi connectivity index (χ1n) is 6.46. The van der Waals surface area contributed by atoms with Gasteiger partial charge in [0, 0.05) is 10.8 Å². The molecule has 1 saturated heterocycles. The van der Waals surface area contributed by atoms with Crippen LogP contribution in [0.15, 0.2) is 24.3 Å². The first-order chi connectivity index (χ1) is 9.63. The molecule has 1 fully saturated rings. The van der Waals surface area contributed by atoms with Crippen molar-refractivity contribution in [2.45, 2.75) is 37.6 Å². The van der Waals surface area contributed by atoms with E-state index in [-0.39, 0.29) is 6.10 Å². The zero-order chi connectivity index (χ0) is 14.5. The number of methoxy groups -OCH3 is 1. The van der Waals surface area contributed by atoms with Crippen molar-refractivity contribution in [3.63, 3.8) is 0 Å². The van der Waals surface area contributed by atoms with E-state index in [4.69, 9.17) is 14.2 Å². The summed E-state index contributed by atoms with van der Waals surface area (Å²) in [4.78, 5) is 0. The van der Waals surface area contributed by atoms with E-state index >= 15 is 0 Å². The minimum Gasteiger partial charge on any atom is -0.497 e. The van der Waals surface area contributed by atoms with Crippen molar-refractivity contribution in [3.8, 4) is 5.75 Å². The molecule has 0 unspecified atom stereocenters. The highest BCUT2D eigenvalue weighted by Gasteiger charge is 2.36. The SMILES string of the molecule is COc1ccc(CO[C@H]2C[C@H](O)[C@@H](CI)O[C@@H]2O)cc1. The van der Waals surface area contributed by atoms with E-state index in [0.717, 1.165) is 11.3 Å². The molecular weight excluding hydrogens is 375 g/mol. The fraction of sp³-hybridized carbons (Fsp3) is 0.571. The summed E-state index contributed by atoms with van der Waals surface area (Å²) >= 11 is 2.13. The molecule has 0 bridgehead atoms. The van der Waals surface area contributed by atoms with Crippen LogP contribution in [0.2, 0.25) is 0 Å². The first kappa shape index (κ1) is 16.0. The smallest absolute Gasteiger partial charge is 0.181 e. The van der Waals surface area contributed by atoms with Gasteiger partial charge in [-0.3, -0.25) is 0 Å². The Balaban J connectivity index is 1.86. The average molecular weight is 394 g/mol. The topological polar surface area (TPSA) is 68.2 Å². The van der Waals surface area contributed by atoms with Crippen molar-refractivity contribution in [1.82, 2.24) is 0 Å². The Morgan fingerprint density at radius 2 is 2.00 bits per heavy atom. The Bertz CT molecular complexity index is 411. The molecule has 1 heterocycles. The molecule has 112 valence electrons. The summed E-state index contributed by atoms with van der Waals surface area (Å²) in [7, 11) is 1.62. The van der Waals surface area contributed by atoms with Gasteiger partial charge in [-0.1, -0.05) is 34.7 Å². The molecule has 1 aliphatic rings. The summed E-state index contributed by atoms with van der Waals surface area (Å²) in [6.07, 6.45) is -2.05. The Morgan fingerprint density at radius 1 is 1.30 bits per heavy atom. The predicted molar refractivity (Wildman–Crippen MR) is 82.0 cm³/mol. The summed E-state index contributed by atoms with van der Waals surface area (Å²) in [6.45, 7) is 0.358. The van der Waals surface area contributed by atoms with Crippen LogP contribution in [0, 0.1) is 0 Å². The third kappa shape index (κ3) is 4.05. The zero-order valence-corrected chi connectivity index (χ0v) is 13.4. The molecule has 6 heteroatoms. The maximum absolute atomic E-state index is 9.89. The van der Waals surface area contributed by atoms with Crippen molar-refractivity contribution in [1.29, 1.82) is 0 Å². The number of hydrogen-bond donors (Lipinski definition) is 2. The van der Waals surface area contributed by atoms with E-state index in [9.17, 15) is 10.2 Å². The second-order valence-electron chi connectivity index (χ2n) is 4.72. The fourth-order valence-corrected chi connectivity index (χ4v) is 2.87. The van der Waals surface area contributed by atoms with Gasteiger partial charge in [0.05, 0.1) is 25.9 Å². The number of halogens is 1. The highest BCUT2D eigenvalue weighted by molar-refractivity contribution is 14.1. The van der Waals surface area contributed by atoms with E-state index in [2.05, 4.69) is 22.6 Å². The van der Waals surface area contributed by atoms with Gasteiger partial charge in [0.1, 0.15) is 11.9 Å². The molecule has 0 amide bonds. The molecule has 20 heavy (non-hydrogen) atoms. The zero-order valence-electron chi connectivity index (χ0n) is 11.2. The van der Waals surface area contributed by atoms with Crippen molar-refractivity contribution >= 4 is 22.6 Å². The highest BCUT2D eigenvalue weighted by Crippen LogP contribution is 2.24. The van der Waals surface area contributed by atoms with Crippen molar-refractivity contribution in [2.75, 3.05) is 11.5 Å². The Hall–Kier alpha value is -0.410. The first-order valence-corrected chi connectivity index (χ1v) is 7.98. The lowest BCUT2D eigenvalue weighted by Gasteiger charge is -2.36. The van der Waals surface area contributed by atoms with E-state index in [1.165, 1.54) is 0 Å². The lowest BCUT2D eigenvalue weighted by molar-refractivity contribution is -0.252. The normalized spacial score (nSPS) is 30.2. The van der Waals surface area contributed by atoms with E-state index in [1.807, 2.05) is 24.3 Å². The lowest BCUT2D eigenvalue weighted by atomic mass is 10.0. The standard InChI is InChI=1S/C14H19IO5/c1-18-10-4-2-9(3-5-10)8-19-12-6-11(16)13(7-15)20-14(12)17/h2-5,11-14,16-17H,6-8H2,1H3/t11-,12-,13+,14-/m0/s1. The fourth-order valence-electron chi connectivity index (χ4n) is 2.08. The third-order valence-electron chi connectivity index (χ3n) is 3.31.